The zero-order valence-electron chi connectivity index (χ0n) is 32.5. The highest BCUT2D eigenvalue weighted by molar-refractivity contribution is 7.79. The van der Waals surface area contributed by atoms with Crippen LogP contribution in [0.4, 0.5) is 0 Å². The van der Waals surface area contributed by atoms with Crippen molar-refractivity contribution in [1.29, 1.82) is 0 Å². The van der Waals surface area contributed by atoms with E-state index in [9.17, 15) is 0 Å². The summed E-state index contributed by atoms with van der Waals surface area (Å²) in [6.07, 6.45) is 51.9. The average Bonchev–Trinajstić information content (AvgIpc) is 3.06. The van der Waals surface area contributed by atoms with Gasteiger partial charge >= 0.3 is 0 Å². The van der Waals surface area contributed by atoms with Gasteiger partial charge in [-0.25, -0.2) is 0 Å². The fourth-order valence-corrected chi connectivity index (χ4v) is 23.0. The molecule has 1 aliphatic carbocycles. The Morgan fingerprint density at radius 2 is 0.689 bits per heavy atom. The van der Waals surface area contributed by atoms with Gasteiger partial charge in [0.1, 0.15) is 0 Å². The predicted octanol–water partition coefficient (Wildman–Crippen LogP) is 16.6. The van der Waals surface area contributed by atoms with Gasteiger partial charge in [-0.3, -0.25) is 0 Å². The second kappa shape index (κ2) is 31.3. The van der Waals surface area contributed by atoms with E-state index in [1.807, 2.05) is 0 Å². The number of unbranched alkanes of at least 4 members (excludes halogenated alkanes) is 18. The summed E-state index contributed by atoms with van der Waals surface area (Å²) in [4.78, 5) is 0.793. The molecule has 0 N–H and O–H groups in total. The van der Waals surface area contributed by atoms with Crippen LogP contribution in [0.3, 0.4) is 0 Å². The van der Waals surface area contributed by atoms with Crippen molar-refractivity contribution in [3.05, 3.63) is 0 Å². The van der Waals surface area contributed by atoms with Crippen molar-refractivity contribution in [3.63, 3.8) is 0 Å². The Morgan fingerprint density at radius 3 is 1.00 bits per heavy atom. The van der Waals surface area contributed by atoms with Crippen molar-refractivity contribution in [2.24, 2.45) is 0 Å². The largest absolute Gasteiger partial charge is 0.102 e. The van der Waals surface area contributed by atoms with E-state index < -0.39 is 0 Å². The highest BCUT2D eigenvalue weighted by Crippen LogP contribution is 2.77. The van der Waals surface area contributed by atoms with Crippen molar-refractivity contribution in [2.45, 2.75) is 232 Å². The third-order valence-corrected chi connectivity index (χ3v) is 23.2. The van der Waals surface area contributed by atoms with Crippen LogP contribution in [0.25, 0.3) is 0 Å². The minimum Gasteiger partial charge on any atom is -0.102 e. The summed E-state index contributed by atoms with van der Waals surface area (Å²) >= 11 is 0. The lowest BCUT2D eigenvalue weighted by molar-refractivity contribution is 0.480. The van der Waals surface area contributed by atoms with Crippen molar-refractivity contribution in [2.75, 3.05) is 37.0 Å². The minimum absolute atomic E-state index is 0.145. The first-order valence-electron chi connectivity index (χ1n) is 21.4. The molecular formula is C42H87P3. The van der Waals surface area contributed by atoms with E-state index >= 15 is 0 Å². The Hall–Kier alpha value is 1.29. The van der Waals surface area contributed by atoms with Gasteiger partial charge in [-0.05, 0) is 94.0 Å². The van der Waals surface area contributed by atoms with E-state index in [4.69, 9.17) is 0 Å². The molecule has 1 saturated carbocycles. The first kappa shape index (κ1) is 44.3. The molecule has 0 amide bonds. The van der Waals surface area contributed by atoms with Crippen molar-refractivity contribution < 1.29 is 0 Å². The van der Waals surface area contributed by atoms with Crippen molar-refractivity contribution in [3.8, 4) is 0 Å². The summed E-state index contributed by atoms with van der Waals surface area (Å²) in [5.74, 6) is 0. The number of hydrogen-bond donors (Lipinski definition) is 0. The molecule has 0 aromatic carbocycles. The van der Waals surface area contributed by atoms with Crippen LogP contribution in [0.5, 0.6) is 0 Å². The lowest BCUT2D eigenvalue weighted by Crippen LogP contribution is -2.44. The van der Waals surface area contributed by atoms with Crippen molar-refractivity contribution >= 4 is 23.8 Å². The van der Waals surface area contributed by atoms with E-state index in [-0.39, 0.29) is 23.8 Å². The monoisotopic (exact) mass is 685 g/mol. The molecule has 45 heavy (non-hydrogen) atoms. The van der Waals surface area contributed by atoms with Gasteiger partial charge in [0, 0.05) is 4.90 Å². The maximum Gasteiger partial charge on any atom is 0.0173 e. The molecule has 0 aliphatic heterocycles. The number of hydrogen-bond acceptors (Lipinski definition) is 0. The van der Waals surface area contributed by atoms with Gasteiger partial charge in [-0.2, -0.15) is 0 Å². The Labute approximate surface area is 291 Å². The maximum absolute atomic E-state index is 2.42. The maximum atomic E-state index is 2.42. The topological polar surface area (TPSA) is 0 Å². The first-order chi connectivity index (χ1) is 22.2. The smallest absolute Gasteiger partial charge is 0.0173 e. The Bertz CT molecular complexity index is 543. The van der Waals surface area contributed by atoms with E-state index in [0.29, 0.717) is 0 Å². The zero-order valence-corrected chi connectivity index (χ0v) is 35.1. The van der Waals surface area contributed by atoms with Gasteiger partial charge in [0.15, 0.2) is 0 Å². The minimum atomic E-state index is 0.145. The Morgan fingerprint density at radius 1 is 0.378 bits per heavy atom. The third-order valence-electron chi connectivity index (χ3n) is 11.1. The molecule has 3 heteroatoms. The van der Waals surface area contributed by atoms with Gasteiger partial charge in [-0.15, -0.1) is 7.92 Å². The third kappa shape index (κ3) is 18.7. The van der Waals surface area contributed by atoms with Gasteiger partial charge < -0.3 is 0 Å². The van der Waals surface area contributed by atoms with Crippen LogP contribution in [0.1, 0.15) is 221 Å². The van der Waals surface area contributed by atoms with Crippen LogP contribution in [-0.4, -0.2) is 47.5 Å². The lowest BCUT2D eigenvalue weighted by atomic mass is 9.99. The highest BCUT2D eigenvalue weighted by Gasteiger charge is 2.52. The second-order valence-electron chi connectivity index (χ2n) is 15.0. The van der Waals surface area contributed by atoms with Gasteiger partial charge in [-0.1, -0.05) is 186 Å². The van der Waals surface area contributed by atoms with Crippen LogP contribution < -0.4 is 0 Å². The van der Waals surface area contributed by atoms with E-state index in [0.717, 1.165) is 10.6 Å². The Balaban J connectivity index is 3.59. The standard InChI is InChI=1S/C42H87P3/c1-7-13-19-27-35-43(36-28-20-14-8-2)41-33-25-26-34-42(41,44(37-29-21-15-9-3)38-30-22-16-10-4)45(39-31-23-17-11-5)40-32-24-18-12-6/h41H,7-40H2,1-6H3. The summed E-state index contributed by atoms with van der Waals surface area (Å²) in [5.41, 5.74) is 1.14. The summed E-state index contributed by atoms with van der Waals surface area (Å²) < 4.78 is 0. The molecule has 1 atom stereocenters. The fourth-order valence-electron chi connectivity index (χ4n) is 8.36. The quantitative estimate of drug-likeness (QED) is 0.0477. The molecule has 0 aromatic rings. The second-order valence-corrected chi connectivity index (χ2v) is 23.6. The van der Waals surface area contributed by atoms with Gasteiger partial charge in [0.05, 0.1) is 0 Å². The molecule has 0 saturated heterocycles. The Kier molecular flexibility index (Phi) is 30.8. The number of rotatable bonds is 33. The van der Waals surface area contributed by atoms with Crippen LogP contribution in [0, 0.1) is 0 Å². The van der Waals surface area contributed by atoms with Crippen LogP contribution in [0.15, 0.2) is 0 Å². The fraction of sp³-hybridized carbons (Fsp3) is 1.00. The lowest BCUT2D eigenvalue weighted by Gasteiger charge is -2.57. The summed E-state index contributed by atoms with van der Waals surface area (Å²) in [6.45, 7) is 14.5. The molecule has 0 heterocycles. The normalized spacial score (nSPS) is 16.9. The molecule has 1 rings (SSSR count). The molecule has 0 radical (unpaired) electrons. The molecule has 1 fully saturated rings. The molecular weight excluding hydrogens is 597 g/mol. The molecule has 0 aromatic heterocycles. The van der Waals surface area contributed by atoms with Gasteiger partial charge in [0.25, 0.3) is 0 Å². The summed E-state index contributed by atoms with van der Waals surface area (Å²) in [7, 11) is 0.471. The summed E-state index contributed by atoms with van der Waals surface area (Å²) in [5, 5.41) is 0. The molecule has 0 bridgehead atoms. The average molecular weight is 685 g/mol. The SMILES string of the molecule is CCCCCCP(CCCCCC)C1CCCCC1(P(CCCCCC)CCCCCC)P(CCCCCC)CCCCCC. The van der Waals surface area contributed by atoms with E-state index in [1.54, 1.807) is 101 Å². The van der Waals surface area contributed by atoms with Crippen LogP contribution in [0.2, 0.25) is 0 Å². The zero-order chi connectivity index (χ0) is 32.9. The van der Waals surface area contributed by atoms with Crippen LogP contribution >= 0.6 is 23.8 Å². The first-order valence-corrected chi connectivity index (χ1v) is 26.6. The predicted molar refractivity (Wildman–Crippen MR) is 220 cm³/mol. The molecule has 1 aliphatic rings. The molecule has 0 spiro atoms. The van der Waals surface area contributed by atoms with Crippen LogP contribution in [-0.2, 0) is 0 Å². The van der Waals surface area contributed by atoms with E-state index in [2.05, 4.69) is 41.5 Å². The van der Waals surface area contributed by atoms with Gasteiger partial charge in [0.2, 0.25) is 0 Å². The molecule has 0 nitrogen and oxygen atoms in total. The molecule has 1 unspecified atom stereocenters. The van der Waals surface area contributed by atoms with Crippen molar-refractivity contribution in [1.82, 2.24) is 0 Å². The molecule has 270 valence electrons. The summed E-state index contributed by atoms with van der Waals surface area (Å²) in [6, 6.07) is 0. The highest BCUT2D eigenvalue weighted by atomic mass is 31.2. The van der Waals surface area contributed by atoms with E-state index in [1.165, 1.54) is 116 Å².